The second-order valence-electron chi connectivity index (χ2n) is 11.3. The largest absolute Gasteiger partial charge is 0.462 e. The summed E-state index contributed by atoms with van der Waals surface area (Å²) in [4.78, 5) is 22.9. The highest BCUT2D eigenvalue weighted by Crippen LogP contribution is 2.29. The van der Waals surface area contributed by atoms with E-state index in [2.05, 4.69) is 6.58 Å². The highest BCUT2D eigenvalue weighted by Gasteiger charge is 2.33. The van der Waals surface area contributed by atoms with Crippen LogP contribution in [-0.4, -0.2) is 57.9 Å². The zero-order chi connectivity index (χ0) is 29.7. The molecular weight excluding hydrogens is 498 g/mol. The zero-order valence-electron chi connectivity index (χ0n) is 24.5. The number of aliphatic hydroxyl groups excluding tert-OH is 3. The molecule has 0 bridgehead atoms. The molecule has 222 valence electrons. The van der Waals surface area contributed by atoms with E-state index in [1.54, 1.807) is 24.3 Å². The van der Waals surface area contributed by atoms with E-state index in [0.717, 1.165) is 18.4 Å². The number of nitrogens with two attached hydrogens (primary N) is 1. The van der Waals surface area contributed by atoms with Gasteiger partial charge in [-0.05, 0) is 32.1 Å². The van der Waals surface area contributed by atoms with Gasteiger partial charge >= 0.3 is 12.1 Å². The Balaban J connectivity index is 2.71. The Morgan fingerprint density at radius 3 is 2.33 bits per heavy atom. The van der Waals surface area contributed by atoms with Crippen molar-refractivity contribution in [1.82, 2.24) is 0 Å². The number of ether oxygens (including phenoxy) is 2. The van der Waals surface area contributed by atoms with Gasteiger partial charge in [-0.15, -0.1) is 0 Å². The van der Waals surface area contributed by atoms with Crippen LogP contribution in [0.3, 0.4) is 0 Å². The van der Waals surface area contributed by atoms with Crippen LogP contribution in [0.1, 0.15) is 73.6 Å². The average Bonchev–Trinajstić information content (AvgIpc) is 2.87. The normalized spacial score (nSPS) is 23.8. The van der Waals surface area contributed by atoms with Crippen LogP contribution in [0.4, 0.5) is 4.79 Å². The third-order valence-corrected chi connectivity index (χ3v) is 7.58. The number of allylic oxidation sites excluding steroid dienone is 3. The molecule has 1 aliphatic rings. The number of aliphatic hydroxyl groups is 3. The minimum atomic E-state index is -0.877. The summed E-state index contributed by atoms with van der Waals surface area (Å²) in [5.74, 6) is -1.22. The number of rotatable bonds is 16. The summed E-state index contributed by atoms with van der Waals surface area (Å²) in [6.07, 6.45) is 9.78. The molecule has 1 saturated heterocycles. The number of hydrogen-bond acceptors (Lipinski definition) is 7. The van der Waals surface area contributed by atoms with E-state index in [0.29, 0.717) is 19.3 Å². The van der Waals surface area contributed by atoms with Crippen molar-refractivity contribution in [2.45, 2.75) is 104 Å². The van der Waals surface area contributed by atoms with Crippen LogP contribution in [0.15, 0.2) is 48.6 Å². The molecule has 5 unspecified atom stereocenters. The van der Waals surface area contributed by atoms with Crippen LogP contribution in [0.25, 0.3) is 0 Å². The van der Waals surface area contributed by atoms with E-state index < -0.39 is 30.5 Å². The first-order chi connectivity index (χ1) is 18.3. The van der Waals surface area contributed by atoms with Crippen LogP contribution in [-0.2, 0) is 14.3 Å². The number of carbonyl (C=O) groups is 2. The molecule has 0 aromatic heterocycles. The van der Waals surface area contributed by atoms with E-state index in [9.17, 15) is 24.9 Å². The fourth-order valence-electron chi connectivity index (χ4n) is 5.34. The number of carbonyl (C=O) groups excluding carboxylic acids is 2. The van der Waals surface area contributed by atoms with Gasteiger partial charge in [0.2, 0.25) is 0 Å². The monoisotopic (exact) mass is 549 g/mol. The van der Waals surface area contributed by atoms with Gasteiger partial charge in [0.05, 0.1) is 18.3 Å². The summed E-state index contributed by atoms with van der Waals surface area (Å²) in [6.45, 7) is 15.1. The predicted octanol–water partition coefficient (Wildman–Crippen LogP) is 4.83. The summed E-state index contributed by atoms with van der Waals surface area (Å²) in [5.41, 5.74) is 6.32. The van der Waals surface area contributed by atoms with Crippen molar-refractivity contribution in [1.29, 1.82) is 0 Å². The van der Waals surface area contributed by atoms with E-state index >= 15 is 0 Å². The van der Waals surface area contributed by atoms with E-state index in [-0.39, 0.29) is 41.7 Å². The van der Waals surface area contributed by atoms with Crippen LogP contribution in [0.2, 0.25) is 0 Å². The third kappa shape index (κ3) is 12.5. The summed E-state index contributed by atoms with van der Waals surface area (Å²) in [5, 5.41) is 32.2. The molecule has 8 nitrogen and oxygen atoms in total. The Kier molecular flexibility index (Phi) is 15.4. The third-order valence-electron chi connectivity index (χ3n) is 7.58. The summed E-state index contributed by atoms with van der Waals surface area (Å²) >= 11 is 0. The maximum Gasteiger partial charge on any atom is 0.404 e. The molecule has 0 aromatic rings. The maximum atomic E-state index is 11.5. The van der Waals surface area contributed by atoms with Crippen molar-refractivity contribution in [3.8, 4) is 0 Å². The van der Waals surface area contributed by atoms with Gasteiger partial charge in [-0.25, -0.2) is 4.79 Å². The minimum absolute atomic E-state index is 0.128. The molecule has 0 aliphatic carbocycles. The van der Waals surface area contributed by atoms with Crippen molar-refractivity contribution < 1.29 is 34.4 Å². The minimum Gasteiger partial charge on any atom is -0.462 e. The van der Waals surface area contributed by atoms with Gasteiger partial charge in [-0.2, -0.15) is 0 Å². The Morgan fingerprint density at radius 1 is 1.08 bits per heavy atom. The fraction of sp³-hybridized carbons (Fsp3) is 0.677. The molecule has 1 amide bonds. The van der Waals surface area contributed by atoms with Gasteiger partial charge in [0.25, 0.3) is 0 Å². The molecule has 10 atom stereocenters. The lowest BCUT2D eigenvalue weighted by Gasteiger charge is -2.33. The molecule has 5 N–H and O–H groups in total. The van der Waals surface area contributed by atoms with Gasteiger partial charge in [0.1, 0.15) is 12.2 Å². The molecular formula is C31H51NO7. The van der Waals surface area contributed by atoms with Crippen LogP contribution in [0.5, 0.6) is 0 Å². The van der Waals surface area contributed by atoms with E-state index in [4.69, 9.17) is 15.2 Å². The Hall–Kier alpha value is -2.42. The standard InChI is InChI=1S/C31H51NO7/c1-8-9-11-21(4)30(39-31(32)37)24(7)29(36)23(6)17-19(2)16-22(5)28(35)20(3)14-15-25(33)18-26-12-10-13-27(34)38-26/h8-9,11,14-16,20-26,28-30,33,35-36H,1,10,12-13,17-18H2,2-7H3,(H2,32,37)/t20-,21-,22-,23?,24?,25?,26+,28-,29?,30?/m0/s1. The van der Waals surface area contributed by atoms with Crippen molar-refractivity contribution >= 4 is 12.1 Å². The fourth-order valence-corrected chi connectivity index (χ4v) is 5.34. The SMILES string of the molecule is C=CC=C[C@H](C)C(OC(N)=O)C(C)C(O)C(C)CC(C)=C[C@H](C)[C@@H](O)[C@@H](C)C=CC(O)C[C@H]1CCCC(=O)O1. The van der Waals surface area contributed by atoms with Gasteiger partial charge in [-0.1, -0.05) is 83.2 Å². The highest BCUT2D eigenvalue weighted by molar-refractivity contribution is 5.70. The number of hydrogen-bond donors (Lipinski definition) is 4. The molecule has 0 saturated carbocycles. The molecule has 0 aromatic carbocycles. The summed E-state index contributed by atoms with van der Waals surface area (Å²) in [6, 6.07) is 0. The van der Waals surface area contributed by atoms with E-state index in [1.807, 2.05) is 53.7 Å². The van der Waals surface area contributed by atoms with Gasteiger partial charge in [0.15, 0.2) is 0 Å². The van der Waals surface area contributed by atoms with Crippen LogP contribution in [0, 0.1) is 29.6 Å². The highest BCUT2D eigenvalue weighted by atomic mass is 16.6. The molecule has 1 fully saturated rings. The number of amides is 1. The Labute approximate surface area is 234 Å². The lowest BCUT2D eigenvalue weighted by atomic mass is 9.81. The predicted molar refractivity (Wildman–Crippen MR) is 153 cm³/mol. The lowest BCUT2D eigenvalue weighted by molar-refractivity contribution is -0.154. The molecule has 1 heterocycles. The second-order valence-corrected chi connectivity index (χ2v) is 11.3. The zero-order valence-corrected chi connectivity index (χ0v) is 24.5. The first-order valence-corrected chi connectivity index (χ1v) is 14.1. The quantitative estimate of drug-likeness (QED) is 0.123. The second kappa shape index (κ2) is 17.3. The van der Waals surface area contributed by atoms with Gasteiger partial charge in [-0.3, -0.25) is 4.79 Å². The van der Waals surface area contributed by atoms with Crippen molar-refractivity contribution in [2.24, 2.45) is 35.3 Å². The van der Waals surface area contributed by atoms with Crippen LogP contribution >= 0.6 is 0 Å². The Bertz CT molecular complexity index is 867. The first kappa shape index (κ1) is 34.6. The van der Waals surface area contributed by atoms with Crippen LogP contribution < -0.4 is 5.73 Å². The van der Waals surface area contributed by atoms with Crippen molar-refractivity contribution in [2.75, 3.05) is 0 Å². The molecule has 39 heavy (non-hydrogen) atoms. The number of primary amides is 1. The average molecular weight is 550 g/mol. The Morgan fingerprint density at radius 2 is 1.74 bits per heavy atom. The summed E-state index contributed by atoms with van der Waals surface area (Å²) in [7, 11) is 0. The van der Waals surface area contributed by atoms with E-state index in [1.165, 1.54) is 0 Å². The smallest absolute Gasteiger partial charge is 0.404 e. The number of cyclic esters (lactones) is 1. The maximum absolute atomic E-state index is 11.5. The molecule has 1 rings (SSSR count). The number of esters is 1. The molecule has 1 aliphatic heterocycles. The molecule has 0 spiro atoms. The molecule has 8 heteroatoms. The summed E-state index contributed by atoms with van der Waals surface area (Å²) < 4.78 is 10.6. The van der Waals surface area contributed by atoms with Crippen molar-refractivity contribution in [3.63, 3.8) is 0 Å². The lowest BCUT2D eigenvalue weighted by Crippen LogP contribution is -2.41. The molecule has 0 radical (unpaired) electrons. The van der Waals surface area contributed by atoms with Gasteiger partial charge in [0, 0.05) is 36.5 Å². The topological polar surface area (TPSA) is 139 Å². The van der Waals surface area contributed by atoms with Gasteiger partial charge < -0.3 is 30.5 Å². The van der Waals surface area contributed by atoms with Crippen molar-refractivity contribution in [3.05, 3.63) is 48.6 Å². The first-order valence-electron chi connectivity index (χ1n) is 14.1.